The molecule has 3 rings (SSSR count). The third-order valence-electron chi connectivity index (χ3n) is 3.43. The molecule has 1 fully saturated rings. The first kappa shape index (κ1) is 17.6. The number of carbonyl (C=O) groups excluding carboxylic acids is 1. The fraction of sp³-hybridized carbons (Fsp3) is 0.111. The maximum atomic E-state index is 12.2. The van der Waals surface area contributed by atoms with Crippen LogP contribution in [0.1, 0.15) is 5.56 Å². The van der Waals surface area contributed by atoms with Crippen molar-refractivity contribution < 1.29 is 14.3 Å². The zero-order chi connectivity index (χ0) is 17.8. The number of rotatable bonds is 4. The molecule has 1 saturated heterocycles. The molecule has 25 heavy (non-hydrogen) atoms. The van der Waals surface area contributed by atoms with Crippen LogP contribution < -0.4 is 14.8 Å². The van der Waals surface area contributed by atoms with E-state index in [1.54, 1.807) is 14.2 Å². The van der Waals surface area contributed by atoms with Crippen LogP contribution in [0.4, 0.5) is 5.69 Å². The highest BCUT2D eigenvalue weighted by atomic mass is 79.9. The van der Waals surface area contributed by atoms with Gasteiger partial charge < -0.3 is 14.8 Å². The van der Waals surface area contributed by atoms with Gasteiger partial charge in [-0.1, -0.05) is 18.2 Å². The van der Waals surface area contributed by atoms with Crippen LogP contribution in [-0.4, -0.2) is 25.3 Å². The highest BCUT2D eigenvalue weighted by molar-refractivity contribution is 9.10. The molecule has 0 aromatic heterocycles. The second kappa shape index (κ2) is 7.76. The molecule has 0 saturated carbocycles. The number of aliphatic imine (C=N–C) groups is 1. The Kier molecular flexibility index (Phi) is 5.45. The smallest absolute Gasteiger partial charge is 0.264 e. The SMILES string of the molecule is COc1ccc(C=C2SC(=Nc3ccccc3OC)NC2=O)cc1Br. The van der Waals surface area contributed by atoms with Gasteiger partial charge in [0.2, 0.25) is 0 Å². The summed E-state index contributed by atoms with van der Waals surface area (Å²) in [6.07, 6.45) is 1.81. The summed E-state index contributed by atoms with van der Waals surface area (Å²) >= 11 is 4.74. The number of benzene rings is 2. The van der Waals surface area contributed by atoms with Crippen LogP contribution >= 0.6 is 27.7 Å². The van der Waals surface area contributed by atoms with Gasteiger partial charge in [-0.2, -0.15) is 0 Å². The number of hydrogen-bond donors (Lipinski definition) is 1. The summed E-state index contributed by atoms with van der Waals surface area (Å²) in [5.74, 6) is 1.22. The Balaban J connectivity index is 1.85. The molecule has 5 nitrogen and oxygen atoms in total. The molecule has 7 heteroatoms. The maximum Gasteiger partial charge on any atom is 0.264 e. The first-order valence-electron chi connectivity index (χ1n) is 7.37. The molecule has 128 valence electrons. The molecule has 0 radical (unpaired) electrons. The van der Waals surface area contributed by atoms with Crippen LogP contribution in [0.5, 0.6) is 11.5 Å². The number of hydrogen-bond acceptors (Lipinski definition) is 5. The molecule has 0 spiro atoms. The fourth-order valence-corrected chi connectivity index (χ4v) is 3.63. The van der Waals surface area contributed by atoms with E-state index in [1.165, 1.54) is 11.8 Å². The van der Waals surface area contributed by atoms with E-state index < -0.39 is 0 Å². The van der Waals surface area contributed by atoms with Crippen LogP contribution in [0.15, 0.2) is 56.8 Å². The van der Waals surface area contributed by atoms with E-state index in [0.29, 0.717) is 21.5 Å². The van der Waals surface area contributed by atoms with Crippen LogP contribution in [0.25, 0.3) is 6.08 Å². The number of methoxy groups -OCH3 is 2. The summed E-state index contributed by atoms with van der Waals surface area (Å²) in [6.45, 7) is 0. The van der Waals surface area contributed by atoms with Gasteiger partial charge in [0.1, 0.15) is 17.2 Å². The van der Waals surface area contributed by atoms with Crippen LogP contribution in [0.2, 0.25) is 0 Å². The van der Waals surface area contributed by atoms with Crippen molar-refractivity contribution in [3.05, 3.63) is 57.4 Å². The Hall–Kier alpha value is -2.25. The van der Waals surface area contributed by atoms with Crippen molar-refractivity contribution in [3.63, 3.8) is 0 Å². The largest absolute Gasteiger partial charge is 0.496 e. The minimum Gasteiger partial charge on any atom is -0.496 e. The van der Waals surface area contributed by atoms with Gasteiger partial charge in [0.25, 0.3) is 5.91 Å². The monoisotopic (exact) mass is 418 g/mol. The number of ether oxygens (including phenoxy) is 2. The number of thioether (sulfide) groups is 1. The lowest BCUT2D eigenvalue weighted by Gasteiger charge is -2.04. The van der Waals surface area contributed by atoms with Crippen LogP contribution in [-0.2, 0) is 4.79 Å². The van der Waals surface area contributed by atoms with Crippen molar-refractivity contribution in [3.8, 4) is 11.5 Å². The molecule has 1 aliphatic rings. The molecule has 1 N–H and O–H groups in total. The van der Waals surface area contributed by atoms with Crippen molar-refractivity contribution >= 4 is 50.5 Å². The van der Waals surface area contributed by atoms with E-state index in [1.807, 2.05) is 48.5 Å². The molecule has 1 aliphatic heterocycles. The van der Waals surface area contributed by atoms with Crippen molar-refractivity contribution in [1.29, 1.82) is 0 Å². The van der Waals surface area contributed by atoms with Gasteiger partial charge in [-0.05, 0) is 63.6 Å². The van der Waals surface area contributed by atoms with Gasteiger partial charge in [0.15, 0.2) is 5.17 Å². The summed E-state index contributed by atoms with van der Waals surface area (Å²) in [7, 11) is 3.20. The van der Waals surface area contributed by atoms with Crippen molar-refractivity contribution in [2.45, 2.75) is 0 Å². The Morgan fingerprint density at radius 3 is 2.60 bits per heavy atom. The van der Waals surface area contributed by atoms with E-state index in [4.69, 9.17) is 9.47 Å². The highest BCUT2D eigenvalue weighted by Gasteiger charge is 2.24. The summed E-state index contributed by atoms with van der Waals surface area (Å²) in [5.41, 5.74) is 1.56. The summed E-state index contributed by atoms with van der Waals surface area (Å²) in [6, 6.07) is 13.0. The molecule has 0 unspecified atom stereocenters. The average molecular weight is 419 g/mol. The first-order valence-corrected chi connectivity index (χ1v) is 8.98. The minimum atomic E-state index is -0.175. The highest BCUT2D eigenvalue weighted by Crippen LogP contribution is 2.33. The normalized spacial score (nSPS) is 17.0. The second-order valence-electron chi connectivity index (χ2n) is 5.05. The quantitative estimate of drug-likeness (QED) is 0.749. The molecular formula is C18H15BrN2O3S. The Morgan fingerprint density at radius 1 is 1.12 bits per heavy atom. The molecule has 2 aromatic carbocycles. The summed E-state index contributed by atoms with van der Waals surface area (Å²) in [5, 5.41) is 3.30. The number of carbonyl (C=O) groups is 1. The number of amidine groups is 1. The van der Waals surface area contributed by atoms with Gasteiger partial charge in [0.05, 0.1) is 23.6 Å². The van der Waals surface area contributed by atoms with E-state index in [-0.39, 0.29) is 5.91 Å². The average Bonchev–Trinajstić information content (AvgIpc) is 2.95. The van der Waals surface area contributed by atoms with Crippen LogP contribution in [0, 0.1) is 0 Å². The third kappa shape index (κ3) is 4.05. The maximum absolute atomic E-state index is 12.2. The molecule has 1 amide bonds. The zero-order valence-corrected chi connectivity index (χ0v) is 16.0. The second-order valence-corrected chi connectivity index (χ2v) is 6.93. The van der Waals surface area contributed by atoms with E-state index in [2.05, 4.69) is 26.2 Å². The lowest BCUT2D eigenvalue weighted by atomic mass is 10.2. The topological polar surface area (TPSA) is 59.9 Å². The predicted molar refractivity (Wildman–Crippen MR) is 104 cm³/mol. The van der Waals surface area contributed by atoms with E-state index >= 15 is 0 Å². The minimum absolute atomic E-state index is 0.175. The van der Waals surface area contributed by atoms with Crippen molar-refractivity contribution in [1.82, 2.24) is 5.32 Å². The van der Waals surface area contributed by atoms with E-state index in [0.717, 1.165) is 15.8 Å². The Labute approximate surface area is 158 Å². The lowest BCUT2D eigenvalue weighted by molar-refractivity contribution is -0.115. The number of amides is 1. The number of para-hydroxylation sites is 2. The number of nitrogens with one attached hydrogen (secondary N) is 1. The van der Waals surface area contributed by atoms with Crippen LogP contribution in [0.3, 0.4) is 0 Å². The summed E-state index contributed by atoms with van der Waals surface area (Å²) < 4.78 is 11.3. The first-order chi connectivity index (χ1) is 12.1. The van der Waals surface area contributed by atoms with Gasteiger partial charge in [0, 0.05) is 0 Å². The fourth-order valence-electron chi connectivity index (χ4n) is 2.24. The van der Waals surface area contributed by atoms with Gasteiger partial charge in [-0.15, -0.1) is 0 Å². The van der Waals surface area contributed by atoms with Crippen molar-refractivity contribution in [2.75, 3.05) is 14.2 Å². The molecule has 1 heterocycles. The zero-order valence-electron chi connectivity index (χ0n) is 13.6. The number of nitrogens with zero attached hydrogens (tertiary/aromatic N) is 1. The Bertz CT molecular complexity index is 880. The Morgan fingerprint density at radius 2 is 1.88 bits per heavy atom. The molecule has 2 aromatic rings. The predicted octanol–water partition coefficient (Wildman–Crippen LogP) is 4.36. The standard InChI is InChI=1S/C18H15BrN2O3S/c1-23-14-8-7-11(9-12(14)19)10-16-17(22)21-18(25-16)20-13-5-3-4-6-15(13)24-2/h3-10H,1-2H3,(H,20,21,22). The molecule has 0 atom stereocenters. The van der Waals surface area contributed by atoms with E-state index in [9.17, 15) is 4.79 Å². The van der Waals surface area contributed by atoms with Gasteiger partial charge in [-0.3, -0.25) is 4.79 Å². The van der Waals surface area contributed by atoms with Gasteiger partial charge in [-0.25, -0.2) is 4.99 Å². The third-order valence-corrected chi connectivity index (χ3v) is 4.96. The van der Waals surface area contributed by atoms with Crippen molar-refractivity contribution in [2.24, 2.45) is 4.99 Å². The lowest BCUT2D eigenvalue weighted by Crippen LogP contribution is -2.19. The van der Waals surface area contributed by atoms with Gasteiger partial charge >= 0.3 is 0 Å². The molecular weight excluding hydrogens is 404 g/mol. The number of halogens is 1. The summed E-state index contributed by atoms with van der Waals surface area (Å²) in [4.78, 5) is 17.2. The molecule has 0 bridgehead atoms. The molecule has 0 aliphatic carbocycles.